The molecule has 0 heterocycles. The minimum atomic E-state index is -0.250. The van der Waals surface area contributed by atoms with Gasteiger partial charge in [0.1, 0.15) is 0 Å². The van der Waals surface area contributed by atoms with Crippen molar-refractivity contribution in [1.82, 2.24) is 0 Å². The summed E-state index contributed by atoms with van der Waals surface area (Å²) in [6.45, 7) is 4.27. The highest BCUT2D eigenvalue weighted by Crippen LogP contribution is 2.28. The van der Waals surface area contributed by atoms with Crippen molar-refractivity contribution in [3.63, 3.8) is 0 Å². The number of ether oxygens (including phenoxy) is 1. The Kier molecular flexibility index (Phi) is 3.60. The van der Waals surface area contributed by atoms with E-state index in [-0.39, 0.29) is 5.82 Å². The molecule has 72 valence electrons. The van der Waals surface area contributed by atoms with Gasteiger partial charge >= 0.3 is 0 Å². The molecule has 0 spiro atoms. The van der Waals surface area contributed by atoms with Gasteiger partial charge in [-0.25, -0.2) is 4.39 Å². The third-order valence-electron chi connectivity index (χ3n) is 1.67. The van der Waals surface area contributed by atoms with E-state index in [2.05, 4.69) is 0 Å². The van der Waals surface area contributed by atoms with Gasteiger partial charge in [0, 0.05) is 4.90 Å². The first kappa shape index (κ1) is 10.4. The van der Waals surface area contributed by atoms with Crippen LogP contribution in [0.25, 0.3) is 0 Å². The van der Waals surface area contributed by atoms with Crippen LogP contribution in [-0.2, 0) is 0 Å². The molecule has 0 aliphatic heterocycles. The molecule has 0 aromatic heterocycles. The van der Waals surface area contributed by atoms with Crippen LogP contribution in [0.15, 0.2) is 17.0 Å². The Hall–Kier alpha value is -0.700. The predicted octanol–water partition coefficient (Wildman–Crippen LogP) is 3.25. The summed E-state index contributed by atoms with van der Waals surface area (Å²) in [6.07, 6.45) is 1.85. The topological polar surface area (TPSA) is 9.23 Å². The molecule has 3 heteroatoms. The van der Waals surface area contributed by atoms with Crippen molar-refractivity contribution in [1.29, 1.82) is 0 Å². The summed E-state index contributed by atoms with van der Waals surface area (Å²) in [5, 5.41) is 0. The van der Waals surface area contributed by atoms with Crippen LogP contribution in [0, 0.1) is 12.7 Å². The third-order valence-corrected chi connectivity index (χ3v) is 2.41. The highest BCUT2D eigenvalue weighted by molar-refractivity contribution is 7.98. The van der Waals surface area contributed by atoms with E-state index in [0.717, 1.165) is 5.56 Å². The van der Waals surface area contributed by atoms with Gasteiger partial charge in [-0.2, -0.15) is 0 Å². The third kappa shape index (κ3) is 2.37. The molecule has 0 aliphatic carbocycles. The maximum atomic E-state index is 13.5. The highest BCUT2D eigenvalue weighted by Gasteiger charge is 2.09. The number of hydrogen-bond donors (Lipinski definition) is 0. The zero-order valence-electron chi connectivity index (χ0n) is 8.06. The largest absolute Gasteiger partial charge is 0.491 e. The van der Waals surface area contributed by atoms with Crippen molar-refractivity contribution >= 4 is 11.8 Å². The van der Waals surface area contributed by atoms with Crippen molar-refractivity contribution in [3.05, 3.63) is 23.5 Å². The Balaban J connectivity index is 3.11. The lowest BCUT2D eigenvalue weighted by atomic mass is 10.2. The van der Waals surface area contributed by atoms with Gasteiger partial charge in [-0.15, -0.1) is 11.8 Å². The number of benzene rings is 1. The van der Waals surface area contributed by atoms with Gasteiger partial charge in [-0.1, -0.05) is 0 Å². The van der Waals surface area contributed by atoms with Gasteiger partial charge in [0.2, 0.25) is 0 Å². The first-order valence-corrected chi connectivity index (χ1v) is 5.38. The Labute approximate surface area is 82.3 Å². The first-order valence-electron chi connectivity index (χ1n) is 4.16. The molecular formula is C10H13FOS. The van der Waals surface area contributed by atoms with Crippen LogP contribution >= 0.6 is 11.8 Å². The van der Waals surface area contributed by atoms with Gasteiger partial charge < -0.3 is 4.74 Å². The van der Waals surface area contributed by atoms with Crippen LogP contribution < -0.4 is 4.74 Å². The van der Waals surface area contributed by atoms with Crippen LogP contribution in [0.2, 0.25) is 0 Å². The molecule has 0 amide bonds. The normalized spacial score (nSPS) is 10.2. The van der Waals surface area contributed by atoms with Crippen LogP contribution in [0.3, 0.4) is 0 Å². The van der Waals surface area contributed by atoms with E-state index in [9.17, 15) is 4.39 Å². The number of halogens is 1. The van der Waals surface area contributed by atoms with Crippen molar-refractivity contribution in [3.8, 4) is 5.75 Å². The number of aryl methyl sites for hydroxylation is 1. The summed E-state index contributed by atoms with van der Waals surface area (Å²) < 4.78 is 18.7. The summed E-state index contributed by atoms with van der Waals surface area (Å²) >= 11 is 1.39. The Bertz CT molecular complexity index is 299. The summed E-state index contributed by atoms with van der Waals surface area (Å²) in [5.41, 5.74) is 1.02. The Morgan fingerprint density at radius 3 is 2.69 bits per heavy atom. The lowest BCUT2D eigenvalue weighted by Gasteiger charge is -2.08. The van der Waals surface area contributed by atoms with E-state index in [1.165, 1.54) is 11.8 Å². The Morgan fingerprint density at radius 1 is 1.46 bits per heavy atom. The lowest BCUT2D eigenvalue weighted by molar-refractivity contribution is 0.318. The van der Waals surface area contributed by atoms with Crippen molar-refractivity contribution < 1.29 is 9.13 Å². The summed E-state index contributed by atoms with van der Waals surface area (Å²) in [5.74, 6) is 0.104. The lowest BCUT2D eigenvalue weighted by Crippen LogP contribution is -1.96. The van der Waals surface area contributed by atoms with E-state index < -0.39 is 0 Å². The van der Waals surface area contributed by atoms with E-state index in [1.807, 2.05) is 26.2 Å². The van der Waals surface area contributed by atoms with Gasteiger partial charge in [0.25, 0.3) is 0 Å². The average molecular weight is 200 g/mol. The maximum absolute atomic E-state index is 13.5. The molecule has 0 saturated carbocycles. The Morgan fingerprint density at radius 2 is 2.15 bits per heavy atom. The highest BCUT2D eigenvalue weighted by atomic mass is 32.2. The first-order chi connectivity index (χ1) is 6.19. The summed E-state index contributed by atoms with van der Waals surface area (Å²) in [6, 6.07) is 3.54. The van der Waals surface area contributed by atoms with Crippen molar-refractivity contribution in [2.45, 2.75) is 18.7 Å². The maximum Gasteiger partial charge on any atom is 0.178 e. The molecule has 0 N–H and O–H groups in total. The fourth-order valence-electron chi connectivity index (χ4n) is 1.11. The summed E-state index contributed by atoms with van der Waals surface area (Å²) in [4.78, 5) is 0.642. The number of rotatable bonds is 3. The van der Waals surface area contributed by atoms with Crippen LogP contribution in [0.1, 0.15) is 12.5 Å². The van der Waals surface area contributed by atoms with Gasteiger partial charge in [-0.05, 0) is 37.8 Å². The molecule has 1 nitrogen and oxygen atoms in total. The molecule has 0 saturated heterocycles. The quantitative estimate of drug-likeness (QED) is 0.693. The smallest absolute Gasteiger partial charge is 0.178 e. The second kappa shape index (κ2) is 4.51. The number of thioether (sulfide) groups is 1. The van der Waals surface area contributed by atoms with Crippen LogP contribution in [0.5, 0.6) is 5.75 Å². The van der Waals surface area contributed by atoms with Crippen LogP contribution in [0.4, 0.5) is 4.39 Å². The molecule has 0 aliphatic rings. The summed E-state index contributed by atoms with van der Waals surface area (Å²) in [7, 11) is 0. The molecule has 1 aromatic carbocycles. The molecule has 0 atom stereocenters. The molecule has 1 rings (SSSR count). The van der Waals surface area contributed by atoms with Crippen LogP contribution in [-0.4, -0.2) is 12.9 Å². The number of hydrogen-bond acceptors (Lipinski definition) is 2. The zero-order chi connectivity index (χ0) is 9.84. The zero-order valence-corrected chi connectivity index (χ0v) is 8.87. The predicted molar refractivity (Wildman–Crippen MR) is 54.1 cm³/mol. The van der Waals surface area contributed by atoms with E-state index in [4.69, 9.17) is 4.74 Å². The average Bonchev–Trinajstić information content (AvgIpc) is 2.11. The molecular weight excluding hydrogens is 187 g/mol. The van der Waals surface area contributed by atoms with Gasteiger partial charge in [0.15, 0.2) is 11.6 Å². The van der Waals surface area contributed by atoms with E-state index in [1.54, 1.807) is 6.07 Å². The van der Waals surface area contributed by atoms with Crippen molar-refractivity contribution in [2.24, 2.45) is 0 Å². The SMILES string of the molecule is CCOc1cc(C)cc(SC)c1F. The minimum Gasteiger partial charge on any atom is -0.491 e. The molecule has 0 radical (unpaired) electrons. The van der Waals surface area contributed by atoms with E-state index >= 15 is 0 Å². The molecule has 0 fully saturated rings. The molecule has 0 bridgehead atoms. The monoisotopic (exact) mass is 200 g/mol. The molecule has 1 aromatic rings. The minimum absolute atomic E-state index is 0.250. The molecule has 0 unspecified atom stereocenters. The van der Waals surface area contributed by atoms with Gasteiger partial charge in [-0.3, -0.25) is 0 Å². The fraction of sp³-hybridized carbons (Fsp3) is 0.400. The second-order valence-electron chi connectivity index (χ2n) is 2.71. The van der Waals surface area contributed by atoms with Gasteiger partial charge in [0.05, 0.1) is 6.61 Å². The van der Waals surface area contributed by atoms with E-state index in [0.29, 0.717) is 17.3 Å². The van der Waals surface area contributed by atoms with Crippen molar-refractivity contribution in [2.75, 3.05) is 12.9 Å². The fourth-order valence-corrected chi connectivity index (χ4v) is 1.70. The molecule has 13 heavy (non-hydrogen) atoms. The second-order valence-corrected chi connectivity index (χ2v) is 3.56. The standard InChI is InChI=1S/C10H13FOS/c1-4-12-8-5-7(2)6-9(13-3)10(8)11/h5-6H,4H2,1-3H3.